The quantitative estimate of drug-likeness (QED) is 0.500. The lowest BCUT2D eigenvalue weighted by Crippen LogP contribution is -2.30. The monoisotopic (exact) mass is 362 g/mol. The maximum atomic E-state index is 12.7. The topological polar surface area (TPSA) is 42.4 Å². The molecule has 24 heavy (non-hydrogen) atoms. The lowest BCUT2D eigenvalue weighted by Gasteiger charge is -2.19. The first-order valence-corrected chi connectivity index (χ1v) is 8.70. The van der Waals surface area contributed by atoms with Crippen LogP contribution >= 0.6 is 24.2 Å². The van der Waals surface area contributed by atoms with Gasteiger partial charge < -0.3 is 9.64 Å². The molecule has 3 rings (SSSR count). The summed E-state index contributed by atoms with van der Waals surface area (Å²) in [4.78, 5) is 19.7. The van der Waals surface area contributed by atoms with Crippen LogP contribution in [0.2, 0.25) is 5.15 Å². The lowest BCUT2D eigenvalue weighted by atomic mass is 10.0. The molecule has 1 aliphatic heterocycles. The Morgan fingerprint density at radius 1 is 1.42 bits per heavy atom. The molecule has 1 saturated heterocycles. The molecule has 1 aromatic carbocycles. The molecular weight excluding hydrogens is 344 g/mol. The Kier molecular flexibility index (Phi) is 5.43. The highest BCUT2D eigenvalue weighted by atomic mass is 35.5. The van der Waals surface area contributed by atoms with Gasteiger partial charge in [-0.05, 0) is 44.6 Å². The summed E-state index contributed by atoms with van der Waals surface area (Å²) < 4.78 is 5.84. The van der Waals surface area contributed by atoms with Crippen molar-refractivity contribution in [2.24, 2.45) is 0 Å². The number of ketones is 1. The predicted octanol–water partition coefficient (Wildman–Crippen LogP) is 3.73. The summed E-state index contributed by atoms with van der Waals surface area (Å²) in [6, 6.07) is 9.18. The van der Waals surface area contributed by atoms with Gasteiger partial charge in [0.2, 0.25) is 0 Å². The summed E-state index contributed by atoms with van der Waals surface area (Å²) in [5.41, 5.74) is 0.827. The van der Waals surface area contributed by atoms with E-state index in [2.05, 4.69) is 29.6 Å². The van der Waals surface area contributed by atoms with E-state index >= 15 is 0 Å². The minimum atomic E-state index is -0.207. The molecule has 1 aliphatic rings. The van der Waals surface area contributed by atoms with Crippen molar-refractivity contribution in [2.45, 2.75) is 23.8 Å². The number of hydrogen-bond donors (Lipinski definition) is 1. The van der Waals surface area contributed by atoms with Gasteiger partial charge in [0.1, 0.15) is 17.5 Å². The number of likely N-dealkylation sites (tertiary alicyclic amines) is 1. The molecular formula is C18H19ClN2O2S. The molecule has 1 atom stereocenters. The molecule has 0 N–H and O–H groups in total. The predicted molar refractivity (Wildman–Crippen MR) is 97.5 cm³/mol. The van der Waals surface area contributed by atoms with Crippen LogP contribution in [0.1, 0.15) is 28.8 Å². The fourth-order valence-corrected chi connectivity index (χ4v) is 3.31. The number of carbonyl (C=O) groups is 1. The number of hydrogen-bond acceptors (Lipinski definition) is 5. The van der Waals surface area contributed by atoms with Gasteiger partial charge in [-0.1, -0.05) is 23.7 Å². The summed E-state index contributed by atoms with van der Waals surface area (Å²) >= 11 is 10.5. The summed E-state index contributed by atoms with van der Waals surface area (Å²) in [6.45, 7) is 1.67. The normalized spacial score (nSPS) is 17.9. The number of likely N-dealkylation sites (N-methyl/N-ethyl adjacent to an activating group) is 1. The molecule has 0 bridgehead atoms. The fourth-order valence-electron chi connectivity index (χ4n) is 2.86. The molecule has 1 fully saturated rings. The lowest BCUT2D eigenvalue weighted by molar-refractivity contribution is 0.103. The van der Waals surface area contributed by atoms with Gasteiger partial charge in [0.05, 0.1) is 11.8 Å². The number of pyridine rings is 1. The summed E-state index contributed by atoms with van der Waals surface area (Å²) in [5.74, 6) is 0.348. The van der Waals surface area contributed by atoms with Crippen LogP contribution in [0, 0.1) is 0 Å². The number of halogens is 1. The van der Waals surface area contributed by atoms with E-state index in [0.29, 0.717) is 34.4 Å². The molecule has 2 aromatic rings. The van der Waals surface area contributed by atoms with Crippen LogP contribution < -0.4 is 4.74 Å². The van der Waals surface area contributed by atoms with Crippen molar-refractivity contribution in [1.82, 2.24) is 9.88 Å². The van der Waals surface area contributed by atoms with E-state index in [4.69, 9.17) is 16.3 Å². The number of aromatic nitrogens is 1. The van der Waals surface area contributed by atoms with Crippen molar-refractivity contribution < 1.29 is 9.53 Å². The molecule has 0 unspecified atom stereocenters. The minimum absolute atomic E-state index is 0.168. The van der Waals surface area contributed by atoms with E-state index in [1.165, 1.54) is 6.42 Å². The molecule has 0 aliphatic carbocycles. The number of benzene rings is 1. The van der Waals surface area contributed by atoms with Crippen molar-refractivity contribution >= 4 is 30.0 Å². The Morgan fingerprint density at radius 2 is 2.21 bits per heavy atom. The highest BCUT2D eigenvalue weighted by Crippen LogP contribution is 2.25. The van der Waals surface area contributed by atoms with E-state index in [9.17, 15) is 4.79 Å². The summed E-state index contributed by atoms with van der Waals surface area (Å²) in [6.07, 6.45) is 3.86. The van der Waals surface area contributed by atoms with Gasteiger partial charge in [-0.15, -0.1) is 12.6 Å². The van der Waals surface area contributed by atoms with Crippen LogP contribution in [0.4, 0.5) is 0 Å². The standard InChI is InChI=1S/C18H19ClN2O2S/c1-21-8-4-5-12(21)11-23-13-9-15(18(19)20-10-13)17(22)14-6-2-3-7-16(14)24/h2-3,6-7,9-10,12,24H,4-5,8,11H2,1H3/t12-/m0/s1. The second-order valence-corrected chi connectivity index (χ2v) is 6.78. The maximum absolute atomic E-state index is 12.7. The number of nitrogens with zero attached hydrogens (tertiary/aromatic N) is 2. The van der Waals surface area contributed by atoms with Crippen molar-refractivity contribution in [3.8, 4) is 5.75 Å². The minimum Gasteiger partial charge on any atom is -0.490 e. The second kappa shape index (κ2) is 7.55. The SMILES string of the molecule is CN1CCC[C@H]1COc1cnc(Cl)c(C(=O)c2ccccc2S)c1. The van der Waals surface area contributed by atoms with Crippen LogP contribution in [0.15, 0.2) is 41.4 Å². The zero-order chi connectivity index (χ0) is 17.1. The van der Waals surface area contributed by atoms with Gasteiger partial charge in [0.25, 0.3) is 0 Å². The average molecular weight is 363 g/mol. The van der Waals surface area contributed by atoms with Gasteiger partial charge in [-0.2, -0.15) is 0 Å². The zero-order valence-electron chi connectivity index (χ0n) is 13.4. The zero-order valence-corrected chi connectivity index (χ0v) is 15.1. The number of rotatable bonds is 5. The first kappa shape index (κ1) is 17.3. The highest BCUT2D eigenvalue weighted by Gasteiger charge is 2.22. The number of thiol groups is 1. The molecule has 2 heterocycles. The molecule has 126 valence electrons. The Morgan fingerprint density at radius 3 is 2.92 bits per heavy atom. The fraction of sp³-hybridized carbons (Fsp3) is 0.333. The maximum Gasteiger partial charge on any atom is 0.197 e. The number of carbonyl (C=O) groups excluding carboxylic acids is 1. The molecule has 0 radical (unpaired) electrons. The van der Waals surface area contributed by atoms with E-state index < -0.39 is 0 Å². The molecule has 0 amide bonds. The molecule has 1 aromatic heterocycles. The van der Waals surface area contributed by atoms with Crippen molar-refractivity contribution in [3.05, 3.63) is 52.8 Å². The van der Waals surface area contributed by atoms with E-state index in [-0.39, 0.29) is 10.9 Å². The van der Waals surface area contributed by atoms with Crippen molar-refractivity contribution in [2.75, 3.05) is 20.2 Å². The molecule has 0 spiro atoms. The van der Waals surface area contributed by atoms with Crippen LogP contribution in [0.3, 0.4) is 0 Å². The van der Waals surface area contributed by atoms with E-state index in [1.54, 1.807) is 30.5 Å². The Labute approximate surface area is 152 Å². The average Bonchev–Trinajstić information content (AvgIpc) is 2.99. The van der Waals surface area contributed by atoms with Crippen LogP contribution in [0.5, 0.6) is 5.75 Å². The first-order valence-electron chi connectivity index (χ1n) is 7.87. The van der Waals surface area contributed by atoms with E-state index in [0.717, 1.165) is 13.0 Å². The molecule has 6 heteroatoms. The van der Waals surface area contributed by atoms with Gasteiger partial charge in [-0.3, -0.25) is 4.79 Å². The van der Waals surface area contributed by atoms with Gasteiger partial charge in [0, 0.05) is 16.5 Å². The number of ether oxygens (including phenoxy) is 1. The second-order valence-electron chi connectivity index (χ2n) is 5.94. The van der Waals surface area contributed by atoms with Crippen LogP contribution in [-0.4, -0.2) is 41.9 Å². The van der Waals surface area contributed by atoms with Crippen molar-refractivity contribution in [1.29, 1.82) is 0 Å². The summed E-state index contributed by atoms with van der Waals surface area (Å²) in [5, 5.41) is 0.168. The van der Waals surface area contributed by atoms with Gasteiger partial charge in [-0.25, -0.2) is 4.98 Å². The smallest absolute Gasteiger partial charge is 0.197 e. The third kappa shape index (κ3) is 3.74. The van der Waals surface area contributed by atoms with Crippen LogP contribution in [0.25, 0.3) is 0 Å². The largest absolute Gasteiger partial charge is 0.490 e. The van der Waals surface area contributed by atoms with Gasteiger partial charge >= 0.3 is 0 Å². The molecule has 0 saturated carbocycles. The third-order valence-corrected chi connectivity index (χ3v) is 5.01. The summed E-state index contributed by atoms with van der Waals surface area (Å²) in [7, 11) is 2.10. The Bertz CT molecular complexity index is 754. The highest BCUT2D eigenvalue weighted by molar-refractivity contribution is 7.80. The first-order chi connectivity index (χ1) is 11.6. The Hall–Kier alpha value is -1.56. The van der Waals surface area contributed by atoms with Gasteiger partial charge in [0.15, 0.2) is 5.78 Å². The molecule has 4 nitrogen and oxygen atoms in total. The third-order valence-electron chi connectivity index (χ3n) is 4.32. The Balaban J connectivity index is 1.79. The van der Waals surface area contributed by atoms with Crippen LogP contribution in [-0.2, 0) is 0 Å². The van der Waals surface area contributed by atoms with E-state index in [1.807, 2.05) is 6.07 Å². The van der Waals surface area contributed by atoms with Crippen molar-refractivity contribution in [3.63, 3.8) is 0 Å².